The number of fused-ring (bicyclic) bond motifs is 2. The molecule has 1 aliphatic carbocycles. The maximum Gasteiger partial charge on any atom is 0.412 e. The summed E-state index contributed by atoms with van der Waals surface area (Å²) in [6.45, 7) is 7.78. The number of ketones is 2. The van der Waals surface area contributed by atoms with Gasteiger partial charge in [0.05, 0.1) is 23.6 Å². The number of carbonyl (C=O) groups is 6. The summed E-state index contributed by atoms with van der Waals surface area (Å²) in [5.74, 6) is -3.26. The Balaban J connectivity index is 1.98. The zero-order valence-electron chi connectivity index (χ0n) is 30.8. The van der Waals surface area contributed by atoms with Gasteiger partial charge in [-0.15, -0.1) is 0 Å². The summed E-state index contributed by atoms with van der Waals surface area (Å²) in [7, 11) is 2.83. The van der Waals surface area contributed by atoms with Gasteiger partial charge >= 0.3 is 18.2 Å². The van der Waals surface area contributed by atoms with E-state index in [-0.39, 0.29) is 42.0 Å². The summed E-state index contributed by atoms with van der Waals surface area (Å²) in [5, 5.41) is 16.3. The third-order valence-corrected chi connectivity index (χ3v) is 8.58. The normalized spacial score (nSPS) is 27.2. The lowest BCUT2D eigenvalue weighted by Crippen LogP contribution is -2.38. The number of benzene rings is 1. The Kier molecular flexibility index (Phi) is 15.4. The van der Waals surface area contributed by atoms with E-state index in [0.29, 0.717) is 16.9 Å². The van der Waals surface area contributed by atoms with Gasteiger partial charge in [-0.3, -0.25) is 24.5 Å². The third kappa shape index (κ3) is 12.1. The highest BCUT2D eigenvalue weighted by Gasteiger charge is 2.34. The number of aliphatic hydroxyl groups is 1. The standard InChI is InChI=1S/C38H47N3O12/c1-20-15-27-32(41-38(48)51-19-25-11-13-26(14-12-25)52-24(5)42)29(43)18-28(34(27)45)40-36(46)21(2)9-8-10-30(49-6)35(53-37(39)47)23(4)17-22(3)33(44)31(16-20)50-7/h8-14,17-18,20,22,30-31,33,35,44H,15-16,19H2,1-7H3,(H2,39,47)(H,40,46)(H,41,48)/b10-8-,21-9+,23-17+/t20-,22+,30+,31+,33-,35-/m1/s1. The van der Waals surface area contributed by atoms with Crippen LogP contribution in [0.4, 0.5) is 9.59 Å². The van der Waals surface area contributed by atoms with Crippen LogP contribution in [0.15, 0.2) is 82.8 Å². The summed E-state index contributed by atoms with van der Waals surface area (Å²) in [4.78, 5) is 76.5. The van der Waals surface area contributed by atoms with E-state index in [1.165, 1.54) is 52.4 Å². The molecule has 2 bridgehead atoms. The number of aliphatic hydroxyl groups excluding tert-OH is 1. The van der Waals surface area contributed by atoms with Crippen molar-refractivity contribution in [2.24, 2.45) is 17.6 Å². The molecule has 0 radical (unpaired) electrons. The van der Waals surface area contributed by atoms with Crippen LogP contribution in [0.1, 0.15) is 53.0 Å². The maximum atomic E-state index is 13.9. The van der Waals surface area contributed by atoms with Gasteiger partial charge in [0, 0.05) is 44.3 Å². The first-order valence-electron chi connectivity index (χ1n) is 16.8. The second-order valence-electron chi connectivity index (χ2n) is 12.9. The summed E-state index contributed by atoms with van der Waals surface area (Å²) in [5.41, 5.74) is 5.91. The first-order valence-corrected chi connectivity index (χ1v) is 16.8. The van der Waals surface area contributed by atoms with Crippen molar-refractivity contribution < 1.29 is 57.6 Å². The number of Topliss-reactive ketones (excluding diaryl/α,β-unsaturated/α-hetero) is 1. The number of rotatable bonds is 7. The van der Waals surface area contributed by atoms with Gasteiger partial charge in [0.15, 0.2) is 6.10 Å². The molecule has 3 rings (SSSR count). The molecule has 0 aromatic heterocycles. The lowest BCUT2D eigenvalue weighted by atomic mass is 9.85. The summed E-state index contributed by atoms with van der Waals surface area (Å²) < 4.78 is 26.9. The molecule has 5 N–H and O–H groups in total. The number of allylic oxidation sites excluding steroid dienone is 4. The van der Waals surface area contributed by atoms with Crippen LogP contribution in [0.2, 0.25) is 0 Å². The van der Waals surface area contributed by atoms with Gasteiger partial charge in [-0.25, -0.2) is 9.59 Å². The van der Waals surface area contributed by atoms with Gasteiger partial charge in [-0.2, -0.15) is 0 Å². The summed E-state index contributed by atoms with van der Waals surface area (Å²) in [6.07, 6.45) is 1.57. The lowest BCUT2D eigenvalue weighted by Gasteiger charge is -2.30. The number of ether oxygens (including phenoxy) is 5. The summed E-state index contributed by atoms with van der Waals surface area (Å²) in [6, 6.07) is 6.23. The van der Waals surface area contributed by atoms with Crippen LogP contribution in [-0.2, 0) is 44.7 Å². The fourth-order valence-corrected chi connectivity index (χ4v) is 5.83. The highest BCUT2D eigenvalue weighted by atomic mass is 16.6. The minimum Gasteiger partial charge on any atom is -0.444 e. The van der Waals surface area contributed by atoms with E-state index in [0.717, 1.165) is 6.08 Å². The van der Waals surface area contributed by atoms with Crippen LogP contribution in [0.5, 0.6) is 5.75 Å². The fraction of sp³-hybridized carbons (Fsp3) is 0.421. The van der Waals surface area contributed by atoms with Crippen molar-refractivity contribution in [2.45, 2.75) is 78.5 Å². The van der Waals surface area contributed by atoms with E-state index in [1.54, 1.807) is 45.1 Å². The number of primary amides is 1. The number of amides is 3. The van der Waals surface area contributed by atoms with Crippen molar-refractivity contribution in [3.8, 4) is 5.75 Å². The van der Waals surface area contributed by atoms with E-state index >= 15 is 0 Å². The average molecular weight is 738 g/mol. The Morgan fingerprint density at radius 1 is 1.04 bits per heavy atom. The molecule has 15 nitrogen and oxygen atoms in total. The fourth-order valence-electron chi connectivity index (χ4n) is 5.83. The highest BCUT2D eigenvalue weighted by Crippen LogP contribution is 2.29. The second kappa shape index (κ2) is 19.5. The Morgan fingerprint density at radius 2 is 1.72 bits per heavy atom. The number of hydrogen-bond donors (Lipinski definition) is 4. The molecular formula is C38H47N3O12. The van der Waals surface area contributed by atoms with Crippen molar-refractivity contribution >= 4 is 35.6 Å². The van der Waals surface area contributed by atoms with Crippen LogP contribution in [-0.4, -0.2) is 79.4 Å². The molecule has 53 heavy (non-hydrogen) atoms. The Morgan fingerprint density at radius 3 is 2.32 bits per heavy atom. The smallest absolute Gasteiger partial charge is 0.412 e. The molecule has 3 amide bonds. The molecule has 286 valence electrons. The Bertz CT molecular complexity index is 1720. The van der Waals surface area contributed by atoms with E-state index in [2.05, 4.69) is 10.6 Å². The van der Waals surface area contributed by atoms with Crippen LogP contribution in [0.3, 0.4) is 0 Å². The van der Waals surface area contributed by atoms with Crippen molar-refractivity contribution in [1.82, 2.24) is 10.6 Å². The zero-order chi connectivity index (χ0) is 39.4. The van der Waals surface area contributed by atoms with Gasteiger partial charge in [0.2, 0.25) is 11.6 Å². The van der Waals surface area contributed by atoms with Crippen LogP contribution >= 0.6 is 0 Å². The molecule has 1 aromatic rings. The van der Waals surface area contributed by atoms with E-state index in [1.807, 2.05) is 0 Å². The third-order valence-electron chi connectivity index (χ3n) is 8.58. The lowest BCUT2D eigenvalue weighted by molar-refractivity contribution is -0.132. The average Bonchev–Trinajstić information content (AvgIpc) is 3.10. The minimum absolute atomic E-state index is 0.0531. The molecule has 1 heterocycles. The predicted molar refractivity (Wildman–Crippen MR) is 191 cm³/mol. The van der Waals surface area contributed by atoms with Gasteiger partial charge in [0.25, 0.3) is 5.91 Å². The van der Waals surface area contributed by atoms with Crippen LogP contribution in [0, 0.1) is 11.8 Å². The van der Waals surface area contributed by atoms with Crippen molar-refractivity contribution in [3.63, 3.8) is 0 Å². The molecule has 1 aliphatic heterocycles. The van der Waals surface area contributed by atoms with E-state index in [4.69, 9.17) is 29.4 Å². The quantitative estimate of drug-likeness (QED) is 0.137. The van der Waals surface area contributed by atoms with Crippen molar-refractivity contribution in [3.05, 3.63) is 88.3 Å². The van der Waals surface area contributed by atoms with Gasteiger partial charge in [0.1, 0.15) is 18.5 Å². The molecule has 0 saturated heterocycles. The molecule has 0 unspecified atom stereocenters. The Labute approximate surface area is 307 Å². The summed E-state index contributed by atoms with van der Waals surface area (Å²) >= 11 is 0. The first-order chi connectivity index (χ1) is 25.0. The largest absolute Gasteiger partial charge is 0.444 e. The first kappa shape index (κ1) is 42.0. The highest BCUT2D eigenvalue weighted by molar-refractivity contribution is 6.24. The van der Waals surface area contributed by atoms with Gasteiger partial charge < -0.3 is 39.8 Å². The predicted octanol–water partition coefficient (Wildman–Crippen LogP) is 3.61. The molecule has 0 spiro atoms. The zero-order valence-corrected chi connectivity index (χ0v) is 30.8. The second-order valence-corrected chi connectivity index (χ2v) is 12.9. The molecule has 0 saturated carbocycles. The van der Waals surface area contributed by atoms with Crippen molar-refractivity contribution in [2.75, 3.05) is 14.2 Å². The number of carbonyl (C=O) groups excluding carboxylic acids is 6. The monoisotopic (exact) mass is 737 g/mol. The van der Waals surface area contributed by atoms with Crippen molar-refractivity contribution in [1.29, 1.82) is 0 Å². The number of hydrogen-bond acceptors (Lipinski definition) is 12. The molecule has 2 aliphatic rings. The number of nitrogens with two attached hydrogens (primary N) is 1. The number of alkyl carbamates (subject to hydrolysis) is 1. The van der Waals surface area contributed by atoms with Crippen LogP contribution in [0.25, 0.3) is 0 Å². The number of nitrogens with one attached hydrogen (secondary N) is 2. The molecule has 0 fully saturated rings. The molecule has 15 heteroatoms. The van der Waals surface area contributed by atoms with Gasteiger partial charge in [-0.05, 0) is 55.9 Å². The van der Waals surface area contributed by atoms with Crippen LogP contribution < -0.4 is 21.1 Å². The topological polar surface area (TPSA) is 219 Å². The van der Waals surface area contributed by atoms with E-state index < -0.39 is 71.9 Å². The maximum absolute atomic E-state index is 13.9. The Hall–Kier alpha value is -5.38. The van der Waals surface area contributed by atoms with Gasteiger partial charge in [-0.1, -0.05) is 50.3 Å². The molecule has 1 aromatic carbocycles. The van der Waals surface area contributed by atoms with E-state index in [9.17, 15) is 33.9 Å². The minimum atomic E-state index is -1.07. The number of esters is 1. The molecule has 6 atom stereocenters. The SMILES string of the molecule is CO[C@H]1/C=C\C=C(/C)C(=O)NC2=CC(=O)C(NC(=O)OCc3ccc(OC(C)=O)cc3)=C(C[C@@H](C)C[C@H](OC)[C@H](O)[C@@H](C)/C=C(\C)[C@H]1OC(N)=O)C2=O. The number of methoxy groups -OCH3 is 2. The molecular weight excluding hydrogens is 690 g/mol.